The molecule has 0 saturated carbocycles. The molecule has 0 radical (unpaired) electrons. The van der Waals surface area contributed by atoms with Crippen LogP contribution in [-0.4, -0.2) is 28.8 Å². The van der Waals surface area contributed by atoms with E-state index in [1.54, 1.807) is 0 Å². The topological polar surface area (TPSA) is 69.6 Å². The van der Waals surface area contributed by atoms with Gasteiger partial charge in [-0.1, -0.05) is 36.4 Å². The van der Waals surface area contributed by atoms with Gasteiger partial charge < -0.3 is 10.2 Å². The maximum absolute atomic E-state index is 10.7. The predicted molar refractivity (Wildman–Crippen MR) is 69.3 cm³/mol. The van der Waals surface area contributed by atoms with Crippen LogP contribution in [0.4, 0.5) is 0 Å². The van der Waals surface area contributed by atoms with Crippen LogP contribution >= 0.6 is 0 Å². The van der Waals surface area contributed by atoms with E-state index >= 15 is 0 Å². The van der Waals surface area contributed by atoms with Gasteiger partial charge >= 0.3 is 5.97 Å². The van der Waals surface area contributed by atoms with Crippen LogP contribution in [0.1, 0.15) is 5.56 Å². The van der Waals surface area contributed by atoms with Crippen molar-refractivity contribution in [1.82, 2.24) is 5.32 Å². The fourth-order valence-corrected chi connectivity index (χ4v) is 1.82. The Balaban J connectivity index is 2.10. The number of aliphatic hydroxyl groups excluding tert-OH is 1. The lowest BCUT2D eigenvalue weighted by Crippen LogP contribution is -2.39. The van der Waals surface area contributed by atoms with Crippen molar-refractivity contribution in [3.63, 3.8) is 0 Å². The minimum absolute atomic E-state index is 0.414. The first-order chi connectivity index (χ1) is 8.70. The molecule has 0 unspecified atom stereocenters. The average Bonchev–Trinajstić information content (AvgIpc) is 2.39. The summed E-state index contributed by atoms with van der Waals surface area (Å²) in [5.74, 6) is -1.04. The van der Waals surface area contributed by atoms with Crippen LogP contribution in [-0.2, 0) is 11.3 Å². The van der Waals surface area contributed by atoms with Crippen molar-refractivity contribution >= 4 is 16.7 Å². The summed E-state index contributed by atoms with van der Waals surface area (Å²) >= 11 is 0. The Kier molecular flexibility index (Phi) is 3.92. The van der Waals surface area contributed by atoms with Crippen LogP contribution in [0.2, 0.25) is 0 Å². The highest BCUT2D eigenvalue weighted by molar-refractivity contribution is 5.83. The first kappa shape index (κ1) is 12.5. The normalized spacial score (nSPS) is 12.5. The number of carboxylic acid groups (broad SMARTS) is 1. The summed E-state index contributed by atoms with van der Waals surface area (Å²) in [6.45, 7) is 0.00523. The van der Waals surface area contributed by atoms with Crippen molar-refractivity contribution in [1.29, 1.82) is 0 Å². The molecule has 2 aromatic rings. The summed E-state index contributed by atoms with van der Waals surface area (Å²) in [7, 11) is 0. The van der Waals surface area contributed by atoms with Gasteiger partial charge in [0.15, 0.2) is 0 Å². The molecule has 0 fully saturated rings. The van der Waals surface area contributed by atoms with Gasteiger partial charge in [0.05, 0.1) is 6.61 Å². The second-order valence-electron chi connectivity index (χ2n) is 4.14. The molecule has 0 saturated heterocycles. The largest absolute Gasteiger partial charge is 0.480 e. The minimum Gasteiger partial charge on any atom is -0.480 e. The van der Waals surface area contributed by atoms with E-state index in [0.717, 1.165) is 16.3 Å². The lowest BCUT2D eigenvalue weighted by atomic mass is 10.1. The molecular formula is C14H15NO3. The fourth-order valence-electron chi connectivity index (χ4n) is 1.82. The monoisotopic (exact) mass is 245 g/mol. The van der Waals surface area contributed by atoms with E-state index in [9.17, 15) is 4.79 Å². The van der Waals surface area contributed by atoms with Crippen LogP contribution in [0.25, 0.3) is 10.8 Å². The number of hydrogen-bond acceptors (Lipinski definition) is 3. The summed E-state index contributed by atoms with van der Waals surface area (Å²) in [5.41, 5.74) is 0.994. The third-order valence-corrected chi connectivity index (χ3v) is 2.85. The fraction of sp³-hybridized carbons (Fsp3) is 0.214. The number of nitrogens with one attached hydrogen (secondary N) is 1. The van der Waals surface area contributed by atoms with Gasteiger partial charge in [-0.05, 0) is 22.4 Å². The maximum Gasteiger partial charge on any atom is 0.323 e. The molecule has 2 rings (SSSR count). The van der Waals surface area contributed by atoms with Gasteiger partial charge in [-0.15, -0.1) is 0 Å². The van der Waals surface area contributed by atoms with Crippen LogP contribution in [0.5, 0.6) is 0 Å². The number of fused-ring (bicyclic) bond motifs is 1. The minimum atomic E-state index is -1.04. The van der Waals surface area contributed by atoms with Crippen LogP contribution in [0.3, 0.4) is 0 Å². The lowest BCUT2D eigenvalue weighted by molar-refractivity contribution is -0.140. The van der Waals surface area contributed by atoms with Crippen molar-refractivity contribution in [2.75, 3.05) is 6.61 Å². The van der Waals surface area contributed by atoms with E-state index in [-0.39, 0.29) is 0 Å². The number of aliphatic hydroxyl groups is 1. The van der Waals surface area contributed by atoms with Crippen LogP contribution < -0.4 is 5.32 Å². The van der Waals surface area contributed by atoms with E-state index in [1.165, 1.54) is 0 Å². The first-order valence-corrected chi connectivity index (χ1v) is 5.75. The third kappa shape index (κ3) is 2.85. The second-order valence-corrected chi connectivity index (χ2v) is 4.14. The highest BCUT2D eigenvalue weighted by atomic mass is 16.4. The number of carboxylic acids is 1. The number of rotatable bonds is 5. The first-order valence-electron chi connectivity index (χ1n) is 5.75. The second kappa shape index (κ2) is 5.62. The Morgan fingerprint density at radius 1 is 1.17 bits per heavy atom. The van der Waals surface area contributed by atoms with E-state index < -0.39 is 18.6 Å². The van der Waals surface area contributed by atoms with E-state index in [4.69, 9.17) is 10.2 Å². The molecule has 0 aromatic heterocycles. The highest BCUT2D eigenvalue weighted by Gasteiger charge is 2.14. The molecule has 0 aliphatic heterocycles. The van der Waals surface area contributed by atoms with Crippen molar-refractivity contribution in [3.05, 3.63) is 48.0 Å². The molecule has 2 aromatic carbocycles. The molecule has 4 heteroatoms. The van der Waals surface area contributed by atoms with E-state index in [1.807, 2.05) is 42.5 Å². The van der Waals surface area contributed by atoms with Gasteiger partial charge in [-0.25, -0.2) is 0 Å². The Hall–Kier alpha value is -1.91. The van der Waals surface area contributed by atoms with Gasteiger partial charge in [-0.2, -0.15) is 0 Å². The zero-order chi connectivity index (χ0) is 13.0. The molecule has 3 N–H and O–H groups in total. The van der Waals surface area contributed by atoms with E-state index in [0.29, 0.717) is 6.54 Å². The van der Waals surface area contributed by atoms with Gasteiger partial charge in [0, 0.05) is 6.54 Å². The molecule has 0 aliphatic rings. The smallest absolute Gasteiger partial charge is 0.323 e. The van der Waals surface area contributed by atoms with Crippen molar-refractivity contribution in [2.24, 2.45) is 0 Å². The standard InChI is InChI=1S/C14H15NO3/c16-9-13(14(17)18)15-8-10-5-6-11-3-1-2-4-12(11)7-10/h1-7,13,15-16H,8-9H2,(H,17,18)/t13-/m0/s1. The quantitative estimate of drug-likeness (QED) is 0.744. The Bertz CT molecular complexity index is 553. The number of benzene rings is 2. The third-order valence-electron chi connectivity index (χ3n) is 2.85. The van der Waals surface area contributed by atoms with Gasteiger partial charge in [0.1, 0.15) is 6.04 Å². The van der Waals surface area contributed by atoms with Crippen molar-refractivity contribution in [3.8, 4) is 0 Å². The van der Waals surface area contributed by atoms with E-state index in [2.05, 4.69) is 5.32 Å². The zero-order valence-corrected chi connectivity index (χ0v) is 9.84. The SMILES string of the molecule is O=C(O)[C@H](CO)NCc1ccc2ccccc2c1. The maximum atomic E-state index is 10.7. The Labute approximate surface area is 105 Å². The summed E-state index contributed by atoms with van der Waals surface area (Å²) in [5, 5.41) is 22.8. The average molecular weight is 245 g/mol. The van der Waals surface area contributed by atoms with Gasteiger partial charge in [-0.3, -0.25) is 10.1 Å². The molecule has 0 bridgehead atoms. The molecule has 94 valence electrons. The van der Waals surface area contributed by atoms with Gasteiger partial charge in [0.2, 0.25) is 0 Å². The van der Waals surface area contributed by atoms with Crippen LogP contribution in [0.15, 0.2) is 42.5 Å². The molecule has 0 heterocycles. The van der Waals surface area contributed by atoms with Crippen molar-refractivity contribution < 1.29 is 15.0 Å². The molecule has 0 spiro atoms. The molecule has 1 atom stereocenters. The summed E-state index contributed by atoms with van der Waals surface area (Å²) < 4.78 is 0. The number of carbonyl (C=O) groups is 1. The highest BCUT2D eigenvalue weighted by Crippen LogP contribution is 2.15. The zero-order valence-electron chi connectivity index (χ0n) is 9.84. The van der Waals surface area contributed by atoms with Crippen molar-refractivity contribution in [2.45, 2.75) is 12.6 Å². The molecule has 0 aliphatic carbocycles. The molecular weight excluding hydrogens is 230 g/mol. The lowest BCUT2D eigenvalue weighted by Gasteiger charge is -2.11. The predicted octanol–water partition coefficient (Wildman–Crippen LogP) is 1.37. The molecule has 18 heavy (non-hydrogen) atoms. The number of aliphatic carboxylic acids is 1. The van der Waals surface area contributed by atoms with Crippen LogP contribution in [0, 0.1) is 0 Å². The summed E-state index contributed by atoms with van der Waals surface area (Å²) in [6.07, 6.45) is 0. The summed E-state index contributed by atoms with van der Waals surface area (Å²) in [4.78, 5) is 10.7. The molecule has 0 amide bonds. The number of hydrogen-bond donors (Lipinski definition) is 3. The Morgan fingerprint density at radius 2 is 1.89 bits per heavy atom. The summed E-state index contributed by atoms with van der Waals surface area (Å²) in [6, 6.07) is 13.0. The Morgan fingerprint density at radius 3 is 2.56 bits per heavy atom. The van der Waals surface area contributed by atoms with Gasteiger partial charge in [0.25, 0.3) is 0 Å². The molecule has 4 nitrogen and oxygen atoms in total.